The maximum atomic E-state index is 5.40. The summed E-state index contributed by atoms with van der Waals surface area (Å²) < 4.78 is 5.40. The van der Waals surface area contributed by atoms with E-state index < -0.39 is 0 Å². The average molecular weight is 212 g/mol. The number of nitrogens with one attached hydrogen (secondary N) is 1. The Morgan fingerprint density at radius 1 is 1.20 bits per heavy atom. The lowest BCUT2D eigenvalue weighted by atomic mass is 9.73. The lowest BCUT2D eigenvalue weighted by molar-refractivity contribution is -0.0116. The zero-order valence-corrected chi connectivity index (χ0v) is 10.3. The number of methoxy groups -OCH3 is 1. The summed E-state index contributed by atoms with van der Waals surface area (Å²) in [5.41, 5.74) is 0.659. The van der Waals surface area contributed by atoms with Crippen LogP contribution in [0.1, 0.15) is 26.7 Å². The third kappa shape index (κ3) is 2.19. The molecule has 2 aliphatic heterocycles. The number of hydrogen-bond acceptors (Lipinski definition) is 3. The molecule has 88 valence electrons. The van der Waals surface area contributed by atoms with Crippen LogP contribution in [0.2, 0.25) is 0 Å². The molecular weight excluding hydrogens is 188 g/mol. The molecule has 1 unspecified atom stereocenters. The van der Waals surface area contributed by atoms with Gasteiger partial charge in [0.25, 0.3) is 0 Å². The van der Waals surface area contributed by atoms with Crippen LogP contribution in [0.15, 0.2) is 0 Å². The lowest BCUT2D eigenvalue weighted by Gasteiger charge is -2.50. The highest BCUT2D eigenvalue weighted by Crippen LogP contribution is 2.35. The van der Waals surface area contributed by atoms with E-state index >= 15 is 0 Å². The van der Waals surface area contributed by atoms with Crippen LogP contribution >= 0.6 is 0 Å². The minimum atomic E-state index is 0.346. The summed E-state index contributed by atoms with van der Waals surface area (Å²) in [6.45, 7) is 9.43. The Balaban J connectivity index is 1.82. The van der Waals surface area contributed by atoms with Gasteiger partial charge in [-0.05, 0) is 45.2 Å². The van der Waals surface area contributed by atoms with Crippen molar-refractivity contribution in [2.75, 3.05) is 33.3 Å². The molecule has 2 saturated heterocycles. The van der Waals surface area contributed by atoms with Gasteiger partial charge in [-0.15, -0.1) is 0 Å². The van der Waals surface area contributed by atoms with Crippen LogP contribution < -0.4 is 5.32 Å². The van der Waals surface area contributed by atoms with E-state index in [1.165, 1.54) is 39.0 Å². The first-order chi connectivity index (χ1) is 7.17. The molecule has 0 aromatic carbocycles. The first kappa shape index (κ1) is 11.4. The lowest BCUT2D eigenvalue weighted by Crippen LogP contribution is -2.59. The first-order valence-corrected chi connectivity index (χ1v) is 6.14. The van der Waals surface area contributed by atoms with Crippen LogP contribution in [0, 0.1) is 5.41 Å². The highest BCUT2D eigenvalue weighted by atomic mass is 16.5. The summed E-state index contributed by atoms with van der Waals surface area (Å²) in [4.78, 5) is 2.58. The second-order valence-corrected chi connectivity index (χ2v) is 5.32. The van der Waals surface area contributed by atoms with E-state index in [2.05, 4.69) is 24.1 Å². The molecule has 2 heterocycles. The molecular formula is C12H24N2O. The fourth-order valence-electron chi connectivity index (χ4n) is 2.73. The van der Waals surface area contributed by atoms with Gasteiger partial charge in [0.2, 0.25) is 0 Å². The number of piperidine rings is 1. The molecule has 0 amide bonds. The highest BCUT2D eigenvalue weighted by molar-refractivity contribution is 4.96. The van der Waals surface area contributed by atoms with Crippen LogP contribution in [0.3, 0.4) is 0 Å². The molecule has 3 nitrogen and oxygen atoms in total. The van der Waals surface area contributed by atoms with E-state index in [9.17, 15) is 0 Å². The van der Waals surface area contributed by atoms with Crippen molar-refractivity contribution in [3.63, 3.8) is 0 Å². The van der Waals surface area contributed by atoms with Gasteiger partial charge in [-0.3, -0.25) is 4.90 Å². The molecule has 0 radical (unpaired) electrons. The summed E-state index contributed by atoms with van der Waals surface area (Å²) in [6.07, 6.45) is 3.07. The van der Waals surface area contributed by atoms with E-state index in [-0.39, 0.29) is 0 Å². The van der Waals surface area contributed by atoms with Gasteiger partial charge in [-0.1, -0.05) is 0 Å². The molecule has 2 atom stereocenters. The minimum Gasteiger partial charge on any atom is -0.380 e. The van der Waals surface area contributed by atoms with Gasteiger partial charge in [0.1, 0.15) is 0 Å². The second kappa shape index (κ2) is 4.40. The van der Waals surface area contributed by atoms with Gasteiger partial charge >= 0.3 is 0 Å². The van der Waals surface area contributed by atoms with Crippen LogP contribution in [0.5, 0.6) is 0 Å². The fourth-order valence-corrected chi connectivity index (χ4v) is 2.73. The summed E-state index contributed by atoms with van der Waals surface area (Å²) >= 11 is 0. The third-order valence-electron chi connectivity index (χ3n) is 4.49. The van der Waals surface area contributed by atoms with Crippen molar-refractivity contribution in [2.24, 2.45) is 5.41 Å². The van der Waals surface area contributed by atoms with Gasteiger partial charge in [-0.2, -0.15) is 0 Å². The SMILES string of the molecule is COC(C)[C@H](C)N1CCC2(CC1)CNC2. The predicted molar refractivity (Wildman–Crippen MR) is 62.0 cm³/mol. The molecule has 0 aliphatic carbocycles. The number of hydrogen-bond donors (Lipinski definition) is 1. The molecule has 0 aromatic heterocycles. The van der Waals surface area contributed by atoms with Crippen molar-refractivity contribution in [3.05, 3.63) is 0 Å². The quantitative estimate of drug-likeness (QED) is 0.758. The molecule has 1 N–H and O–H groups in total. The van der Waals surface area contributed by atoms with Gasteiger partial charge < -0.3 is 10.1 Å². The number of likely N-dealkylation sites (tertiary alicyclic amines) is 1. The van der Waals surface area contributed by atoms with Crippen LogP contribution in [0.4, 0.5) is 0 Å². The number of rotatable bonds is 3. The van der Waals surface area contributed by atoms with Gasteiger partial charge in [0.05, 0.1) is 6.10 Å². The Kier molecular flexibility index (Phi) is 3.33. The topological polar surface area (TPSA) is 24.5 Å². The van der Waals surface area contributed by atoms with Crippen molar-refractivity contribution < 1.29 is 4.74 Å². The zero-order chi connectivity index (χ0) is 10.9. The Morgan fingerprint density at radius 3 is 2.20 bits per heavy atom. The number of ether oxygens (including phenoxy) is 1. The fraction of sp³-hybridized carbons (Fsp3) is 1.00. The smallest absolute Gasteiger partial charge is 0.0695 e. The summed E-state index contributed by atoms with van der Waals surface area (Å²) in [5.74, 6) is 0. The molecule has 3 heteroatoms. The highest BCUT2D eigenvalue weighted by Gasteiger charge is 2.40. The molecule has 2 aliphatic rings. The maximum absolute atomic E-state index is 5.40. The molecule has 2 fully saturated rings. The van der Waals surface area contributed by atoms with Crippen LogP contribution in [-0.2, 0) is 4.74 Å². The molecule has 0 bridgehead atoms. The van der Waals surface area contributed by atoms with E-state index in [4.69, 9.17) is 4.74 Å². The van der Waals surface area contributed by atoms with Gasteiger partial charge in [-0.25, -0.2) is 0 Å². The normalized spacial score (nSPS) is 29.8. The molecule has 0 saturated carbocycles. The average Bonchev–Trinajstić information content (AvgIpc) is 2.25. The summed E-state index contributed by atoms with van der Waals surface area (Å²) in [6, 6.07) is 0.556. The standard InChI is InChI=1S/C12H24N2O/c1-10(11(2)15-3)14-6-4-12(5-7-14)8-13-9-12/h10-11,13H,4-9H2,1-3H3/t10-,11?/m0/s1. The van der Waals surface area contributed by atoms with Crippen molar-refractivity contribution in [1.82, 2.24) is 10.2 Å². The van der Waals surface area contributed by atoms with Gasteiger partial charge in [0.15, 0.2) is 0 Å². The Hall–Kier alpha value is -0.120. The zero-order valence-electron chi connectivity index (χ0n) is 10.3. The second-order valence-electron chi connectivity index (χ2n) is 5.32. The third-order valence-corrected chi connectivity index (χ3v) is 4.49. The summed E-state index contributed by atoms with van der Waals surface area (Å²) in [5, 5.41) is 3.41. The largest absolute Gasteiger partial charge is 0.380 e. The van der Waals surface area contributed by atoms with Crippen molar-refractivity contribution in [2.45, 2.75) is 38.8 Å². The molecule has 15 heavy (non-hydrogen) atoms. The maximum Gasteiger partial charge on any atom is 0.0695 e. The van der Waals surface area contributed by atoms with Crippen molar-refractivity contribution in [1.29, 1.82) is 0 Å². The monoisotopic (exact) mass is 212 g/mol. The van der Waals surface area contributed by atoms with E-state index in [0.29, 0.717) is 17.6 Å². The van der Waals surface area contributed by atoms with Crippen LogP contribution in [-0.4, -0.2) is 50.3 Å². The predicted octanol–water partition coefficient (Wildman–Crippen LogP) is 1.10. The minimum absolute atomic E-state index is 0.346. The van der Waals surface area contributed by atoms with E-state index in [1.54, 1.807) is 0 Å². The van der Waals surface area contributed by atoms with E-state index in [1.807, 2.05) is 7.11 Å². The molecule has 0 aromatic rings. The Morgan fingerprint density at radius 2 is 1.80 bits per heavy atom. The van der Waals surface area contributed by atoms with Crippen LogP contribution in [0.25, 0.3) is 0 Å². The van der Waals surface area contributed by atoms with Crippen molar-refractivity contribution >= 4 is 0 Å². The summed E-state index contributed by atoms with van der Waals surface area (Å²) in [7, 11) is 1.81. The molecule has 2 rings (SSSR count). The first-order valence-electron chi connectivity index (χ1n) is 6.14. The molecule has 1 spiro atoms. The Labute approximate surface area is 93.2 Å². The van der Waals surface area contributed by atoms with E-state index in [0.717, 1.165) is 0 Å². The van der Waals surface area contributed by atoms with Crippen molar-refractivity contribution in [3.8, 4) is 0 Å². The Bertz CT molecular complexity index is 206. The van der Waals surface area contributed by atoms with Gasteiger partial charge in [0, 0.05) is 26.2 Å². The number of nitrogens with zero attached hydrogens (tertiary/aromatic N) is 1.